The van der Waals surface area contributed by atoms with Crippen molar-refractivity contribution in [3.8, 4) is 0 Å². The van der Waals surface area contributed by atoms with Gasteiger partial charge in [-0.15, -0.1) is 0 Å². The number of hydrogen-bond acceptors (Lipinski definition) is 4. The van der Waals surface area contributed by atoms with Crippen LogP contribution in [0.2, 0.25) is 0 Å². The van der Waals surface area contributed by atoms with Gasteiger partial charge in [0.1, 0.15) is 0 Å². The van der Waals surface area contributed by atoms with E-state index < -0.39 is 0 Å². The van der Waals surface area contributed by atoms with Gasteiger partial charge in [-0.2, -0.15) is 5.10 Å². The summed E-state index contributed by atoms with van der Waals surface area (Å²) in [6.07, 6.45) is 4.09. The largest absolute Gasteiger partial charge is 0.396 e. The van der Waals surface area contributed by atoms with Crippen LogP contribution in [-0.2, 0) is 6.54 Å². The lowest BCUT2D eigenvalue weighted by atomic mass is 10.2. The summed E-state index contributed by atoms with van der Waals surface area (Å²) in [5.41, 5.74) is 6.71. The average molecular weight is 279 g/mol. The fourth-order valence-electron chi connectivity index (χ4n) is 2.86. The third-order valence-corrected chi connectivity index (χ3v) is 4.05. The van der Waals surface area contributed by atoms with Crippen LogP contribution >= 0.6 is 0 Å². The molecular weight excluding hydrogens is 254 g/mol. The Balaban J connectivity index is 2.02. The average Bonchev–Trinajstić information content (AvgIpc) is 3.03. The maximum atomic E-state index is 12.4. The van der Waals surface area contributed by atoms with Crippen LogP contribution in [0.4, 0.5) is 5.69 Å². The number of anilines is 1. The van der Waals surface area contributed by atoms with Crippen molar-refractivity contribution in [2.75, 3.05) is 32.4 Å². The Hall–Kier alpha value is -1.56. The van der Waals surface area contributed by atoms with Gasteiger partial charge in [-0.05, 0) is 32.9 Å². The van der Waals surface area contributed by atoms with Crippen molar-refractivity contribution in [3.63, 3.8) is 0 Å². The molecule has 1 aromatic heterocycles. The molecule has 1 saturated heterocycles. The van der Waals surface area contributed by atoms with Crippen molar-refractivity contribution < 1.29 is 4.79 Å². The van der Waals surface area contributed by atoms with Crippen LogP contribution in [0.5, 0.6) is 0 Å². The van der Waals surface area contributed by atoms with Crippen LogP contribution in [0.3, 0.4) is 0 Å². The number of rotatable bonds is 5. The number of carbonyl (C=O) groups is 1. The summed E-state index contributed by atoms with van der Waals surface area (Å²) in [7, 11) is 1.83. The summed E-state index contributed by atoms with van der Waals surface area (Å²) in [4.78, 5) is 16.6. The van der Waals surface area contributed by atoms with Gasteiger partial charge in [0.25, 0.3) is 5.91 Å². The Morgan fingerprint density at radius 1 is 1.50 bits per heavy atom. The quantitative estimate of drug-likeness (QED) is 0.874. The molecule has 112 valence electrons. The molecule has 1 fully saturated rings. The lowest BCUT2D eigenvalue weighted by molar-refractivity contribution is 0.0749. The normalized spacial score (nSPS) is 19.4. The van der Waals surface area contributed by atoms with Crippen molar-refractivity contribution in [2.45, 2.75) is 39.3 Å². The first-order chi connectivity index (χ1) is 9.56. The van der Waals surface area contributed by atoms with Crippen LogP contribution < -0.4 is 5.73 Å². The van der Waals surface area contributed by atoms with Gasteiger partial charge >= 0.3 is 0 Å². The zero-order chi connectivity index (χ0) is 14.7. The molecule has 0 bridgehead atoms. The summed E-state index contributed by atoms with van der Waals surface area (Å²) in [5, 5.41) is 4.25. The van der Waals surface area contributed by atoms with E-state index in [4.69, 9.17) is 5.73 Å². The standard InChI is InChI=1S/C14H25N5O/c1-4-18-8-6-7-11(18)9-17(3)14(20)13-12(15)10-19(5-2)16-13/h10-11H,4-9,15H2,1-3H3. The highest BCUT2D eigenvalue weighted by atomic mass is 16.2. The van der Waals surface area contributed by atoms with E-state index in [-0.39, 0.29) is 5.91 Å². The molecule has 0 spiro atoms. The summed E-state index contributed by atoms with van der Waals surface area (Å²) in [5.74, 6) is -0.0855. The number of nitrogen functional groups attached to an aromatic ring is 1. The predicted molar refractivity (Wildman–Crippen MR) is 79.5 cm³/mol. The Morgan fingerprint density at radius 2 is 2.25 bits per heavy atom. The molecule has 1 atom stereocenters. The van der Waals surface area contributed by atoms with Gasteiger partial charge < -0.3 is 10.6 Å². The van der Waals surface area contributed by atoms with Crippen molar-refractivity contribution >= 4 is 11.6 Å². The highest BCUT2D eigenvalue weighted by molar-refractivity contribution is 5.96. The van der Waals surface area contributed by atoms with Gasteiger partial charge in [0.15, 0.2) is 5.69 Å². The van der Waals surface area contributed by atoms with Gasteiger partial charge in [-0.3, -0.25) is 14.4 Å². The van der Waals surface area contributed by atoms with E-state index in [2.05, 4.69) is 16.9 Å². The molecule has 1 amide bonds. The highest BCUT2D eigenvalue weighted by Crippen LogP contribution is 2.19. The second-order valence-electron chi connectivity index (χ2n) is 5.40. The first-order valence-corrected chi connectivity index (χ1v) is 7.39. The Labute approximate surface area is 120 Å². The zero-order valence-electron chi connectivity index (χ0n) is 12.7. The third-order valence-electron chi connectivity index (χ3n) is 4.05. The lowest BCUT2D eigenvalue weighted by Gasteiger charge is -2.27. The fourth-order valence-corrected chi connectivity index (χ4v) is 2.86. The molecule has 1 aromatic rings. The minimum Gasteiger partial charge on any atom is -0.396 e. The number of nitrogens with two attached hydrogens (primary N) is 1. The molecule has 1 aliphatic rings. The topological polar surface area (TPSA) is 67.4 Å². The first-order valence-electron chi connectivity index (χ1n) is 7.39. The van der Waals surface area contributed by atoms with Crippen molar-refractivity contribution in [1.29, 1.82) is 0 Å². The molecule has 6 heteroatoms. The van der Waals surface area contributed by atoms with Gasteiger partial charge in [-0.1, -0.05) is 6.92 Å². The number of hydrogen-bond donors (Lipinski definition) is 1. The molecule has 1 aliphatic heterocycles. The zero-order valence-corrected chi connectivity index (χ0v) is 12.7. The van der Waals surface area contributed by atoms with Crippen molar-refractivity contribution in [1.82, 2.24) is 19.6 Å². The monoisotopic (exact) mass is 279 g/mol. The predicted octanol–water partition coefficient (Wildman–Crippen LogP) is 1.04. The van der Waals surface area contributed by atoms with Gasteiger partial charge in [0.2, 0.25) is 0 Å². The molecule has 2 heterocycles. The second kappa shape index (κ2) is 6.26. The second-order valence-corrected chi connectivity index (χ2v) is 5.40. The number of carbonyl (C=O) groups excluding carboxylic acids is 1. The van der Waals surface area contributed by atoms with Crippen LogP contribution in [0, 0.1) is 0 Å². The van der Waals surface area contributed by atoms with E-state index >= 15 is 0 Å². The summed E-state index contributed by atoms with van der Waals surface area (Å²) in [6, 6.07) is 0.462. The number of nitrogens with zero attached hydrogens (tertiary/aromatic N) is 4. The van der Waals surface area contributed by atoms with E-state index in [0.717, 1.165) is 26.1 Å². The molecule has 0 radical (unpaired) electrons. The first kappa shape index (κ1) is 14.8. The minimum atomic E-state index is -0.0855. The van der Waals surface area contributed by atoms with E-state index in [1.165, 1.54) is 6.42 Å². The summed E-state index contributed by atoms with van der Waals surface area (Å²) in [6.45, 7) is 7.77. The smallest absolute Gasteiger partial charge is 0.276 e. The van der Waals surface area contributed by atoms with Crippen LogP contribution in [0.1, 0.15) is 37.2 Å². The summed E-state index contributed by atoms with van der Waals surface area (Å²) < 4.78 is 1.70. The molecule has 0 aliphatic carbocycles. The van der Waals surface area contributed by atoms with Gasteiger partial charge in [-0.25, -0.2) is 0 Å². The van der Waals surface area contributed by atoms with E-state index in [9.17, 15) is 4.79 Å². The highest BCUT2D eigenvalue weighted by Gasteiger charge is 2.27. The van der Waals surface area contributed by atoms with Crippen molar-refractivity contribution in [3.05, 3.63) is 11.9 Å². The van der Waals surface area contributed by atoms with Gasteiger partial charge in [0, 0.05) is 32.4 Å². The van der Waals surface area contributed by atoms with Crippen LogP contribution in [0.25, 0.3) is 0 Å². The number of aromatic nitrogens is 2. The number of likely N-dealkylation sites (tertiary alicyclic amines) is 1. The van der Waals surface area contributed by atoms with E-state index in [1.807, 2.05) is 14.0 Å². The number of likely N-dealkylation sites (N-methyl/N-ethyl adjacent to an activating group) is 2. The molecular formula is C14H25N5O. The molecule has 6 nitrogen and oxygen atoms in total. The van der Waals surface area contributed by atoms with E-state index in [0.29, 0.717) is 24.0 Å². The maximum Gasteiger partial charge on any atom is 0.276 e. The van der Waals surface area contributed by atoms with Crippen molar-refractivity contribution in [2.24, 2.45) is 0 Å². The SMILES string of the molecule is CCN1CCCC1CN(C)C(=O)c1nn(CC)cc1N. The Morgan fingerprint density at radius 3 is 2.85 bits per heavy atom. The molecule has 2 N–H and O–H groups in total. The molecule has 0 aromatic carbocycles. The third kappa shape index (κ3) is 2.95. The molecule has 2 rings (SSSR count). The minimum absolute atomic E-state index is 0.0855. The fraction of sp³-hybridized carbons (Fsp3) is 0.714. The molecule has 1 unspecified atom stereocenters. The van der Waals surface area contributed by atoms with Crippen LogP contribution in [-0.4, -0.2) is 58.2 Å². The van der Waals surface area contributed by atoms with E-state index in [1.54, 1.807) is 15.8 Å². The molecule has 0 saturated carbocycles. The van der Waals surface area contributed by atoms with Gasteiger partial charge in [0.05, 0.1) is 5.69 Å². The Bertz CT molecular complexity index is 470. The number of amides is 1. The lowest BCUT2D eigenvalue weighted by Crippen LogP contribution is -2.41. The molecule has 20 heavy (non-hydrogen) atoms. The summed E-state index contributed by atoms with van der Waals surface area (Å²) >= 11 is 0. The number of aryl methyl sites for hydroxylation is 1. The van der Waals surface area contributed by atoms with Crippen LogP contribution in [0.15, 0.2) is 6.20 Å². The Kier molecular flexibility index (Phi) is 4.65. The maximum absolute atomic E-state index is 12.4.